The van der Waals surface area contributed by atoms with Crippen LogP contribution in [0.5, 0.6) is 0 Å². The summed E-state index contributed by atoms with van der Waals surface area (Å²) >= 11 is 0. The minimum Gasteiger partial charge on any atom is -0.332 e. The Labute approximate surface area is 137 Å². The zero-order valence-corrected chi connectivity index (χ0v) is 14.0. The van der Waals surface area contributed by atoms with E-state index in [-0.39, 0.29) is 11.9 Å². The first-order valence-electron chi connectivity index (χ1n) is 8.11. The van der Waals surface area contributed by atoms with Crippen molar-refractivity contribution in [2.24, 2.45) is 7.05 Å². The molecule has 1 aliphatic rings. The van der Waals surface area contributed by atoms with Gasteiger partial charge in [-0.25, -0.2) is 0 Å². The molecule has 1 fully saturated rings. The van der Waals surface area contributed by atoms with Crippen LogP contribution in [0.2, 0.25) is 0 Å². The Bertz CT molecular complexity index is 731. The largest absolute Gasteiger partial charge is 0.332 e. The molecule has 4 nitrogen and oxygen atoms in total. The van der Waals surface area contributed by atoms with Gasteiger partial charge in [-0.2, -0.15) is 5.10 Å². The van der Waals surface area contributed by atoms with Crippen LogP contribution < -0.4 is 0 Å². The number of hydrogen-bond donors (Lipinski definition) is 0. The van der Waals surface area contributed by atoms with Crippen molar-refractivity contribution in [3.63, 3.8) is 0 Å². The highest BCUT2D eigenvalue weighted by Gasteiger charge is 2.28. The summed E-state index contributed by atoms with van der Waals surface area (Å²) in [6.45, 7) is 4.82. The first-order valence-corrected chi connectivity index (χ1v) is 8.11. The van der Waals surface area contributed by atoms with E-state index in [0.29, 0.717) is 0 Å². The van der Waals surface area contributed by atoms with Crippen LogP contribution >= 0.6 is 0 Å². The molecule has 2 aromatic rings. The van der Waals surface area contributed by atoms with E-state index >= 15 is 0 Å². The molecule has 4 heteroatoms. The number of hydrogen-bond acceptors (Lipinski definition) is 2. The van der Waals surface area contributed by atoms with E-state index in [1.165, 1.54) is 5.56 Å². The van der Waals surface area contributed by atoms with Crippen molar-refractivity contribution < 1.29 is 4.79 Å². The molecule has 0 N–H and O–H groups in total. The fourth-order valence-electron chi connectivity index (χ4n) is 3.33. The Balaban J connectivity index is 1.78. The van der Waals surface area contributed by atoms with Crippen molar-refractivity contribution >= 4 is 12.0 Å². The van der Waals surface area contributed by atoms with Crippen LogP contribution in [-0.2, 0) is 11.8 Å². The highest BCUT2D eigenvalue weighted by atomic mass is 16.2. The summed E-state index contributed by atoms with van der Waals surface area (Å²) in [5.41, 5.74) is 4.29. The minimum absolute atomic E-state index is 0.0824. The summed E-state index contributed by atoms with van der Waals surface area (Å²) in [6.07, 6.45) is 5.69. The summed E-state index contributed by atoms with van der Waals surface area (Å²) in [4.78, 5) is 14.6. The first-order chi connectivity index (χ1) is 11.1. The average Bonchev–Trinajstić information content (AvgIpc) is 3.13. The standard InChI is InChI=1S/C19H23N3O/c1-14-17(15(2)21(3)20-14)11-12-19(23)22-13-7-10-18(22)16-8-5-4-6-9-16/h4-6,8-9,11-12,18H,7,10,13H2,1-3H3. The lowest BCUT2D eigenvalue weighted by Crippen LogP contribution is -2.28. The number of amides is 1. The van der Waals surface area contributed by atoms with E-state index in [2.05, 4.69) is 17.2 Å². The molecule has 1 aromatic carbocycles. The zero-order chi connectivity index (χ0) is 16.4. The highest BCUT2D eigenvalue weighted by molar-refractivity contribution is 5.92. The molecule has 2 heterocycles. The van der Waals surface area contributed by atoms with Gasteiger partial charge < -0.3 is 4.90 Å². The van der Waals surface area contributed by atoms with Crippen LogP contribution in [0.15, 0.2) is 36.4 Å². The molecule has 3 rings (SSSR count). The Morgan fingerprint density at radius 3 is 2.65 bits per heavy atom. The summed E-state index contributed by atoms with van der Waals surface area (Å²) in [6, 6.07) is 10.5. The predicted octanol–water partition coefficient (Wildman–Crippen LogP) is 3.41. The fraction of sp³-hybridized carbons (Fsp3) is 0.368. The quantitative estimate of drug-likeness (QED) is 0.815. The van der Waals surface area contributed by atoms with Crippen LogP contribution in [-0.4, -0.2) is 27.1 Å². The molecule has 23 heavy (non-hydrogen) atoms. The van der Waals surface area contributed by atoms with E-state index in [1.54, 1.807) is 6.08 Å². The molecule has 0 spiro atoms. The van der Waals surface area contributed by atoms with Gasteiger partial charge in [0.15, 0.2) is 0 Å². The van der Waals surface area contributed by atoms with Crippen molar-refractivity contribution in [2.45, 2.75) is 32.7 Å². The molecular formula is C19H23N3O. The van der Waals surface area contributed by atoms with E-state index in [1.807, 2.05) is 54.8 Å². The van der Waals surface area contributed by atoms with Gasteiger partial charge in [0.05, 0.1) is 11.7 Å². The van der Waals surface area contributed by atoms with Gasteiger partial charge in [0.25, 0.3) is 0 Å². The Morgan fingerprint density at radius 1 is 1.26 bits per heavy atom. The Hall–Kier alpha value is -2.36. The van der Waals surface area contributed by atoms with Crippen molar-refractivity contribution in [3.8, 4) is 0 Å². The summed E-state index contributed by atoms with van der Waals surface area (Å²) in [5.74, 6) is 0.0824. The lowest BCUT2D eigenvalue weighted by molar-refractivity contribution is -0.126. The molecule has 1 aliphatic heterocycles. The molecule has 0 radical (unpaired) electrons. The summed E-state index contributed by atoms with van der Waals surface area (Å²) < 4.78 is 1.85. The number of carbonyl (C=O) groups excluding carboxylic acids is 1. The van der Waals surface area contributed by atoms with Crippen molar-refractivity contribution in [1.82, 2.24) is 14.7 Å². The number of carbonyl (C=O) groups is 1. The topological polar surface area (TPSA) is 38.1 Å². The second-order valence-corrected chi connectivity index (χ2v) is 6.14. The Morgan fingerprint density at radius 2 is 2.00 bits per heavy atom. The molecule has 1 unspecified atom stereocenters. The second-order valence-electron chi connectivity index (χ2n) is 6.14. The molecule has 1 amide bonds. The maximum Gasteiger partial charge on any atom is 0.247 e. The maximum atomic E-state index is 12.6. The van der Waals surface area contributed by atoms with Gasteiger partial charge in [0.1, 0.15) is 0 Å². The van der Waals surface area contributed by atoms with Crippen LogP contribution in [0.25, 0.3) is 6.08 Å². The van der Waals surface area contributed by atoms with Crippen LogP contribution in [0.1, 0.15) is 41.4 Å². The third kappa shape index (κ3) is 3.07. The Kier molecular flexibility index (Phi) is 4.33. The number of benzene rings is 1. The number of aromatic nitrogens is 2. The lowest BCUT2D eigenvalue weighted by atomic mass is 10.0. The number of nitrogens with zero attached hydrogens (tertiary/aromatic N) is 3. The van der Waals surface area contributed by atoms with Gasteiger partial charge in [-0.3, -0.25) is 9.48 Å². The van der Waals surface area contributed by atoms with E-state index in [0.717, 1.165) is 36.3 Å². The van der Waals surface area contributed by atoms with Gasteiger partial charge in [-0.15, -0.1) is 0 Å². The van der Waals surface area contributed by atoms with Gasteiger partial charge in [-0.05, 0) is 38.3 Å². The van der Waals surface area contributed by atoms with Gasteiger partial charge in [-0.1, -0.05) is 30.3 Å². The van der Waals surface area contributed by atoms with Gasteiger partial charge in [0, 0.05) is 30.9 Å². The predicted molar refractivity (Wildman–Crippen MR) is 91.8 cm³/mol. The third-order valence-electron chi connectivity index (χ3n) is 4.68. The molecule has 120 valence electrons. The van der Waals surface area contributed by atoms with Crippen LogP contribution in [0.4, 0.5) is 0 Å². The summed E-state index contributed by atoms with van der Waals surface area (Å²) in [7, 11) is 1.92. The highest BCUT2D eigenvalue weighted by Crippen LogP contribution is 2.32. The molecule has 1 atom stereocenters. The monoisotopic (exact) mass is 309 g/mol. The zero-order valence-electron chi connectivity index (χ0n) is 14.0. The molecule has 0 bridgehead atoms. The SMILES string of the molecule is Cc1nn(C)c(C)c1C=CC(=O)N1CCCC1c1ccccc1. The lowest BCUT2D eigenvalue weighted by Gasteiger charge is -2.23. The maximum absolute atomic E-state index is 12.6. The first kappa shape index (κ1) is 15.5. The van der Waals surface area contributed by atoms with Gasteiger partial charge >= 0.3 is 0 Å². The average molecular weight is 309 g/mol. The van der Waals surface area contributed by atoms with Crippen LogP contribution in [0, 0.1) is 13.8 Å². The normalized spacial score (nSPS) is 18.0. The molecule has 1 saturated heterocycles. The third-order valence-corrected chi connectivity index (χ3v) is 4.68. The van der Waals surface area contributed by atoms with E-state index in [9.17, 15) is 4.79 Å². The van der Waals surface area contributed by atoms with E-state index < -0.39 is 0 Å². The number of likely N-dealkylation sites (tertiary alicyclic amines) is 1. The van der Waals surface area contributed by atoms with Gasteiger partial charge in [0.2, 0.25) is 5.91 Å². The van der Waals surface area contributed by atoms with Crippen molar-refractivity contribution in [2.75, 3.05) is 6.54 Å². The molecule has 1 aromatic heterocycles. The number of rotatable bonds is 3. The molecule has 0 aliphatic carbocycles. The molecular weight excluding hydrogens is 286 g/mol. The minimum atomic E-state index is 0.0824. The van der Waals surface area contributed by atoms with Crippen molar-refractivity contribution in [1.29, 1.82) is 0 Å². The fourth-order valence-corrected chi connectivity index (χ4v) is 3.33. The van der Waals surface area contributed by atoms with Crippen LogP contribution in [0.3, 0.4) is 0 Å². The summed E-state index contributed by atoms with van der Waals surface area (Å²) in [5, 5.41) is 4.39. The van der Waals surface area contributed by atoms with E-state index in [4.69, 9.17) is 0 Å². The van der Waals surface area contributed by atoms with Crippen molar-refractivity contribution in [3.05, 3.63) is 58.9 Å². The smallest absolute Gasteiger partial charge is 0.247 e. The molecule has 0 saturated carbocycles. The second kappa shape index (κ2) is 6.41. The number of aryl methyl sites for hydroxylation is 2.